The van der Waals surface area contributed by atoms with Crippen molar-refractivity contribution in [3.05, 3.63) is 11.4 Å². The van der Waals surface area contributed by atoms with Crippen molar-refractivity contribution in [1.82, 2.24) is 15.6 Å². The topological polar surface area (TPSA) is 71.2 Å². The van der Waals surface area contributed by atoms with Gasteiger partial charge in [-0.25, -0.2) is 4.63 Å². The number of hydrogen-bond acceptors (Lipinski definition) is 5. The molecule has 1 aromatic rings. The van der Waals surface area contributed by atoms with Crippen molar-refractivity contribution in [3.63, 3.8) is 0 Å². The molecule has 1 aliphatic rings. The molecule has 5 heteroatoms. The van der Waals surface area contributed by atoms with Gasteiger partial charge in [-0.15, -0.1) is 0 Å². The molecule has 96 valence electrons. The van der Waals surface area contributed by atoms with Crippen molar-refractivity contribution in [1.29, 1.82) is 0 Å². The highest BCUT2D eigenvalue weighted by Crippen LogP contribution is 2.31. The fourth-order valence-electron chi connectivity index (χ4n) is 2.30. The highest BCUT2D eigenvalue weighted by molar-refractivity contribution is 5.04. The van der Waals surface area contributed by atoms with Crippen LogP contribution in [0.1, 0.15) is 44.0 Å². The summed E-state index contributed by atoms with van der Waals surface area (Å²) in [5, 5.41) is 21.1. The Balaban J connectivity index is 1.76. The van der Waals surface area contributed by atoms with E-state index in [2.05, 4.69) is 27.2 Å². The minimum absolute atomic E-state index is 0.544. The molecule has 1 fully saturated rings. The van der Waals surface area contributed by atoms with E-state index < -0.39 is 5.60 Å². The summed E-state index contributed by atoms with van der Waals surface area (Å²) in [6.07, 6.45) is 4.00. The average Bonchev–Trinajstić information content (AvgIpc) is 2.70. The Hall–Kier alpha value is -0.940. The lowest BCUT2D eigenvalue weighted by molar-refractivity contribution is -0.00640. The molecule has 5 nitrogen and oxygen atoms in total. The molecule has 0 saturated heterocycles. The second kappa shape index (κ2) is 5.14. The van der Waals surface area contributed by atoms with E-state index in [1.54, 1.807) is 0 Å². The largest absolute Gasteiger partial charge is 0.389 e. The number of rotatable bonds is 4. The van der Waals surface area contributed by atoms with Crippen LogP contribution in [0.3, 0.4) is 0 Å². The third-order valence-corrected chi connectivity index (χ3v) is 3.70. The molecule has 2 rings (SSSR count). The predicted octanol–water partition coefficient (Wildman–Crippen LogP) is 1.41. The van der Waals surface area contributed by atoms with E-state index in [0.717, 1.165) is 43.0 Å². The van der Waals surface area contributed by atoms with Crippen LogP contribution in [0.15, 0.2) is 4.63 Å². The lowest BCUT2D eigenvalue weighted by Crippen LogP contribution is -2.43. The Morgan fingerprint density at radius 1 is 1.41 bits per heavy atom. The fraction of sp³-hybridized carbons (Fsp3) is 0.833. The van der Waals surface area contributed by atoms with Gasteiger partial charge in [-0.05, 0) is 38.5 Å². The molecule has 0 unspecified atom stereocenters. The van der Waals surface area contributed by atoms with Crippen LogP contribution in [0.2, 0.25) is 0 Å². The number of aryl methyl sites for hydroxylation is 1. The molecule has 1 heterocycles. The quantitative estimate of drug-likeness (QED) is 0.831. The molecule has 0 atom stereocenters. The summed E-state index contributed by atoms with van der Waals surface area (Å²) in [5.41, 5.74) is 1.08. The molecule has 1 aromatic heterocycles. The van der Waals surface area contributed by atoms with Gasteiger partial charge in [-0.3, -0.25) is 0 Å². The van der Waals surface area contributed by atoms with Gasteiger partial charge in [0.25, 0.3) is 0 Å². The minimum Gasteiger partial charge on any atom is -0.389 e. The van der Waals surface area contributed by atoms with E-state index in [1.165, 1.54) is 0 Å². The van der Waals surface area contributed by atoms with Crippen LogP contribution in [-0.4, -0.2) is 27.6 Å². The van der Waals surface area contributed by atoms with E-state index >= 15 is 0 Å². The summed E-state index contributed by atoms with van der Waals surface area (Å²) in [6.45, 7) is 5.33. The zero-order valence-corrected chi connectivity index (χ0v) is 10.6. The Labute approximate surface area is 102 Å². The van der Waals surface area contributed by atoms with Gasteiger partial charge < -0.3 is 10.4 Å². The average molecular weight is 239 g/mol. The maximum atomic E-state index is 10.4. The van der Waals surface area contributed by atoms with Crippen LogP contribution >= 0.6 is 0 Å². The van der Waals surface area contributed by atoms with Gasteiger partial charge >= 0.3 is 0 Å². The number of nitrogens with one attached hydrogen (secondary N) is 1. The summed E-state index contributed by atoms with van der Waals surface area (Å²) in [7, 11) is 0. The third kappa shape index (κ3) is 3.26. The van der Waals surface area contributed by atoms with Gasteiger partial charge in [0.05, 0.1) is 5.60 Å². The molecule has 0 amide bonds. The van der Waals surface area contributed by atoms with Gasteiger partial charge in [0, 0.05) is 13.1 Å². The van der Waals surface area contributed by atoms with Gasteiger partial charge in [-0.1, -0.05) is 17.2 Å². The van der Waals surface area contributed by atoms with E-state index in [9.17, 15) is 5.11 Å². The lowest BCUT2D eigenvalue weighted by Gasteiger charge is -2.35. The summed E-state index contributed by atoms with van der Waals surface area (Å²) in [5.74, 6) is 0.747. The second-order valence-corrected chi connectivity index (χ2v) is 5.31. The van der Waals surface area contributed by atoms with Crippen LogP contribution in [0.25, 0.3) is 0 Å². The van der Waals surface area contributed by atoms with Crippen LogP contribution in [0.5, 0.6) is 0 Å². The molecule has 17 heavy (non-hydrogen) atoms. The number of hydrogen-bond donors (Lipinski definition) is 2. The third-order valence-electron chi connectivity index (χ3n) is 3.70. The summed E-state index contributed by atoms with van der Waals surface area (Å²) in [6, 6.07) is 0. The molecule has 1 saturated carbocycles. The zero-order valence-electron chi connectivity index (χ0n) is 10.6. The molecule has 1 aliphatic carbocycles. The monoisotopic (exact) mass is 239 g/mol. The van der Waals surface area contributed by atoms with Crippen LogP contribution in [-0.2, 0) is 6.54 Å². The maximum Gasteiger partial charge on any atom is 0.121 e. The highest BCUT2D eigenvalue weighted by Gasteiger charge is 2.31. The molecule has 0 spiro atoms. The van der Waals surface area contributed by atoms with Gasteiger partial charge in [0.15, 0.2) is 0 Å². The standard InChI is InChI=1S/C12H21N3O2/c1-9-3-5-12(16,6-4-9)8-13-7-11-10(2)14-17-15-11/h9,13,16H,3-8H2,1-2H3. The number of aromatic nitrogens is 2. The van der Waals surface area contributed by atoms with Crippen LogP contribution in [0.4, 0.5) is 0 Å². The first-order valence-electron chi connectivity index (χ1n) is 6.30. The smallest absolute Gasteiger partial charge is 0.121 e. The number of nitrogens with zero attached hydrogens (tertiary/aromatic N) is 2. The SMILES string of the molecule is Cc1nonc1CNCC1(O)CCC(C)CC1. The van der Waals surface area contributed by atoms with E-state index in [0.29, 0.717) is 13.1 Å². The lowest BCUT2D eigenvalue weighted by atomic mass is 9.79. The van der Waals surface area contributed by atoms with E-state index in [1.807, 2.05) is 6.92 Å². The molecule has 2 N–H and O–H groups in total. The van der Waals surface area contributed by atoms with Crippen molar-refractivity contribution < 1.29 is 9.74 Å². The molecular weight excluding hydrogens is 218 g/mol. The Bertz CT molecular complexity index is 356. The normalized spacial score (nSPS) is 29.5. The summed E-state index contributed by atoms with van der Waals surface area (Å²) < 4.78 is 4.62. The Kier molecular flexibility index (Phi) is 3.79. The van der Waals surface area contributed by atoms with Crippen LogP contribution < -0.4 is 5.32 Å². The fourth-order valence-corrected chi connectivity index (χ4v) is 2.30. The number of aliphatic hydroxyl groups is 1. The van der Waals surface area contributed by atoms with Crippen molar-refractivity contribution in [2.24, 2.45) is 5.92 Å². The second-order valence-electron chi connectivity index (χ2n) is 5.31. The highest BCUT2D eigenvalue weighted by atomic mass is 16.6. The van der Waals surface area contributed by atoms with Gasteiger partial charge in [0.1, 0.15) is 11.4 Å². The molecular formula is C12H21N3O2. The molecule has 0 aromatic carbocycles. The van der Waals surface area contributed by atoms with Gasteiger partial charge in [-0.2, -0.15) is 0 Å². The van der Waals surface area contributed by atoms with Crippen molar-refractivity contribution >= 4 is 0 Å². The van der Waals surface area contributed by atoms with Gasteiger partial charge in [0.2, 0.25) is 0 Å². The first-order chi connectivity index (χ1) is 8.09. The first-order valence-corrected chi connectivity index (χ1v) is 6.30. The van der Waals surface area contributed by atoms with E-state index in [-0.39, 0.29) is 0 Å². The molecule has 0 bridgehead atoms. The molecule has 0 aliphatic heterocycles. The van der Waals surface area contributed by atoms with Crippen molar-refractivity contribution in [3.8, 4) is 0 Å². The Morgan fingerprint density at radius 2 is 2.12 bits per heavy atom. The first kappa shape index (κ1) is 12.5. The maximum absolute atomic E-state index is 10.4. The summed E-state index contributed by atoms with van der Waals surface area (Å²) in [4.78, 5) is 0. The Morgan fingerprint density at radius 3 is 2.71 bits per heavy atom. The summed E-state index contributed by atoms with van der Waals surface area (Å²) >= 11 is 0. The minimum atomic E-state index is -0.544. The van der Waals surface area contributed by atoms with Crippen molar-refractivity contribution in [2.75, 3.05) is 6.54 Å². The molecule has 0 radical (unpaired) electrons. The van der Waals surface area contributed by atoms with E-state index in [4.69, 9.17) is 0 Å². The predicted molar refractivity (Wildman–Crippen MR) is 63.3 cm³/mol. The zero-order chi connectivity index (χ0) is 12.3. The van der Waals surface area contributed by atoms with Crippen LogP contribution in [0, 0.1) is 12.8 Å². The van der Waals surface area contributed by atoms with Crippen molar-refractivity contribution in [2.45, 2.75) is 51.7 Å².